The summed E-state index contributed by atoms with van der Waals surface area (Å²) in [6.07, 6.45) is 2.06. The van der Waals surface area contributed by atoms with E-state index in [1.54, 1.807) is 6.92 Å². The van der Waals surface area contributed by atoms with Crippen LogP contribution in [0.1, 0.15) is 26.7 Å². The van der Waals surface area contributed by atoms with E-state index in [0.717, 1.165) is 44.2 Å². The highest BCUT2D eigenvalue weighted by Crippen LogP contribution is 2.18. The molecule has 1 fully saturated rings. The number of likely N-dealkylation sites (tertiary alicyclic amines) is 1. The number of hydrogen-bond donors (Lipinski definition) is 1. The zero-order valence-corrected chi connectivity index (χ0v) is 18.7. The van der Waals surface area contributed by atoms with E-state index in [0.29, 0.717) is 6.54 Å². The van der Waals surface area contributed by atoms with Crippen LogP contribution < -0.4 is 10.1 Å². The van der Waals surface area contributed by atoms with Crippen molar-refractivity contribution in [1.82, 2.24) is 10.2 Å². The summed E-state index contributed by atoms with van der Waals surface area (Å²) in [5.74, 6) is 1.98. The van der Waals surface area contributed by atoms with E-state index in [1.165, 1.54) is 0 Å². The Balaban J connectivity index is 0.00000338. The van der Waals surface area contributed by atoms with Crippen molar-refractivity contribution in [1.29, 1.82) is 0 Å². The lowest BCUT2D eigenvalue weighted by Gasteiger charge is -2.34. The molecular weight excluding hydrogens is 465 g/mol. The highest BCUT2D eigenvalue weighted by molar-refractivity contribution is 14.0. The number of piperidine rings is 1. The standard InChI is InChI=1S/C18H29N3O3S.HI/c1-3-19-18(20-12-15-25(22,23)4-2)21-13-10-17(11-14-21)24-16-8-6-5-7-9-16;/h5-9,17H,3-4,10-15H2,1-2H3,(H,19,20);1H. The molecule has 2 rings (SSSR count). The predicted octanol–water partition coefficient (Wildman–Crippen LogP) is 2.55. The molecule has 0 amide bonds. The quantitative estimate of drug-likeness (QED) is 0.358. The molecule has 0 aliphatic carbocycles. The highest BCUT2D eigenvalue weighted by Gasteiger charge is 2.22. The van der Waals surface area contributed by atoms with E-state index >= 15 is 0 Å². The van der Waals surface area contributed by atoms with E-state index in [-0.39, 0.29) is 41.6 Å². The fraction of sp³-hybridized carbons (Fsp3) is 0.611. The van der Waals surface area contributed by atoms with Crippen LogP contribution in [0.2, 0.25) is 0 Å². The molecule has 0 aromatic heterocycles. The lowest BCUT2D eigenvalue weighted by molar-refractivity contribution is 0.129. The van der Waals surface area contributed by atoms with Crippen LogP contribution in [0.25, 0.3) is 0 Å². The number of ether oxygens (including phenoxy) is 1. The third kappa shape index (κ3) is 7.69. The Bertz CT molecular complexity index is 645. The maximum Gasteiger partial charge on any atom is 0.193 e. The molecule has 1 saturated heterocycles. The first-order valence-electron chi connectivity index (χ1n) is 8.99. The molecule has 1 aromatic rings. The van der Waals surface area contributed by atoms with E-state index in [4.69, 9.17) is 4.74 Å². The minimum atomic E-state index is -2.98. The van der Waals surface area contributed by atoms with Gasteiger partial charge in [0.25, 0.3) is 0 Å². The first-order valence-corrected chi connectivity index (χ1v) is 10.8. The monoisotopic (exact) mass is 495 g/mol. The van der Waals surface area contributed by atoms with Gasteiger partial charge in [0, 0.05) is 38.2 Å². The van der Waals surface area contributed by atoms with Crippen LogP contribution >= 0.6 is 24.0 Å². The van der Waals surface area contributed by atoms with Crippen molar-refractivity contribution in [3.05, 3.63) is 30.3 Å². The summed E-state index contributed by atoms with van der Waals surface area (Å²) >= 11 is 0. The number of nitrogens with one attached hydrogen (secondary N) is 1. The van der Waals surface area contributed by atoms with Crippen molar-refractivity contribution in [2.24, 2.45) is 4.99 Å². The summed E-state index contributed by atoms with van der Waals surface area (Å²) in [6.45, 7) is 6.46. The van der Waals surface area contributed by atoms with Gasteiger partial charge in [-0.05, 0) is 19.1 Å². The summed E-state index contributed by atoms with van der Waals surface area (Å²) in [7, 11) is -2.98. The Kier molecular flexibility index (Phi) is 10.3. The average molecular weight is 495 g/mol. The number of aliphatic imine (C=N–C) groups is 1. The molecule has 1 N–H and O–H groups in total. The number of para-hydroxylation sites is 1. The smallest absolute Gasteiger partial charge is 0.193 e. The zero-order valence-electron chi connectivity index (χ0n) is 15.6. The Morgan fingerprint density at radius 1 is 1.23 bits per heavy atom. The first-order chi connectivity index (χ1) is 12.0. The van der Waals surface area contributed by atoms with Gasteiger partial charge in [-0.15, -0.1) is 24.0 Å². The molecule has 0 unspecified atom stereocenters. The number of hydrogen-bond acceptors (Lipinski definition) is 4. The second kappa shape index (κ2) is 11.6. The molecule has 0 radical (unpaired) electrons. The van der Waals surface area contributed by atoms with Crippen LogP contribution in [-0.4, -0.2) is 63.1 Å². The van der Waals surface area contributed by atoms with Crippen LogP contribution in [0, 0.1) is 0 Å². The molecule has 8 heteroatoms. The van der Waals surface area contributed by atoms with Gasteiger partial charge in [0.1, 0.15) is 11.9 Å². The van der Waals surface area contributed by atoms with Crippen LogP contribution in [-0.2, 0) is 9.84 Å². The van der Waals surface area contributed by atoms with E-state index in [1.807, 2.05) is 37.3 Å². The molecule has 0 spiro atoms. The van der Waals surface area contributed by atoms with Crippen molar-refractivity contribution >= 4 is 39.8 Å². The number of halogens is 1. The minimum Gasteiger partial charge on any atom is -0.490 e. The molecule has 1 aromatic carbocycles. The Labute approximate surface area is 174 Å². The lowest BCUT2D eigenvalue weighted by atomic mass is 10.1. The molecule has 1 aliphatic heterocycles. The van der Waals surface area contributed by atoms with Crippen molar-refractivity contribution in [2.75, 3.05) is 37.7 Å². The maximum absolute atomic E-state index is 11.6. The molecule has 26 heavy (non-hydrogen) atoms. The van der Waals surface area contributed by atoms with Gasteiger partial charge in [0.05, 0.1) is 12.3 Å². The van der Waals surface area contributed by atoms with Gasteiger partial charge < -0.3 is 15.0 Å². The number of nitrogens with zero attached hydrogens (tertiary/aromatic N) is 2. The molecule has 0 atom stereocenters. The van der Waals surface area contributed by atoms with Crippen LogP contribution in [0.4, 0.5) is 0 Å². The Hall–Kier alpha value is -1.03. The normalized spacial score (nSPS) is 16.1. The largest absolute Gasteiger partial charge is 0.490 e. The van der Waals surface area contributed by atoms with Gasteiger partial charge in [-0.2, -0.15) is 0 Å². The molecule has 1 heterocycles. The second-order valence-electron chi connectivity index (χ2n) is 6.09. The van der Waals surface area contributed by atoms with E-state index in [9.17, 15) is 8.42 Å². The molecular formula is C18H30IN3O3S. The summed E-state index contributed by atoms with van der Waals surface area (Å²) in [5.41, 5.74) is 0. The third-order valence-electron chi connectivity index (χ3n) is 4.23. The van der Waals surface area contributed by atoms with Crippen LogP contribution in [0.5, 0.6) is 5.75 Å². The fourth-order valence-electron chi connectivity index (χ4n) is 2.74. The molecule has 0 saturated carbocycles. The van der Waals surface area contributed by atoms with Crippen molar-refractivity contribution < 1.29 is 13.2 Å². The number of rotatable bonds is 7. The van der Waals surface area contributed by atoms with Crippen molar-refractivity contribution in [3.63, 3.8) is 0 Å². The average Bonchev–Trinajstić information content (AvgIpc) is 2.62. The Morgan fingerprint density at radius 3 is 2.46 bits per heavy atom. The highest BCUT2D eigenvalue weighted by atomic mass is 127. The van der Waals surface area contributed by atoms with E-state index < -0.39 is 9.84 Å². The maximum atomic E-state index is 11.6. The molecule has 148 valence electrons. The van der Waals surface area contributed by atoms with Crippen LogP contribution in [0.15, 0.2) is 35.3 Å². The lowest BCUT2D eigenvalue weighted by Crippen LogP contribution is -2.47. The SMILES string of the molecule is CCNC(=NCCS(=O)(=O)CC)N1CCC(Oc2ccccc2)CC1.I. The Morgan fingerprint density at radius 2 is 1.88 bits per heavy atom. The van der Waals surface area contributed by atoms with Crippen LogP contribution in [0.3, 0.4) is 0 Å². The number of guanidine groups is 1. The summed E-state index contributed by atoms with van der Waals surface area (Å²) in [5, 5.41) is 3.26. The molecule has 0 bridgehead atoms. The fourth-order valence-corrected chi connectivity index (χ4v) is 3.40. The van der Waals surface area contributed by atoms with Crippen molar-refractivity contribution in [3.8, 4) is 5.75 Å². The number of benzene rings is 1. The summed E-state index contributed by atoms with van der Waals surface area (Å²) < 4.78 is 29.2. The second-order valence-corrected chi connectivity index (χ2v) is 8.56. The van der Waals surface area contributed by atoms with Crippen molar-refractivity contribution in [2.45, 2.75) is 32.8 Å². The van der Waals surface area contributed by atoms with Gasteiger partial charge in [0.15, 0.2) is 15.8 Å². The van der Waals surface area contributed by atoms with Gasteiger partial charge in [-0.1, -0.05) is 25.1 Å². The summed E-state index contributed by atoms with van der Waals surface area (Å²) in [4.78, 5) is 6.68. The van der Waals surface area contributed by atoms with Gasteiger partial charge in [-0.3, -0.25) is 4.99 Å². The third-order valence-corrected chi connectivity index (χ3v) is 5.91. The topological polar surface area (TPSA) is 71.0 Å². The number of sulfone groups is 1. The zero-order chi connectivity index (χ0) is 18.1. The molecule has 6 nitrogen and oxygen atoms in total. The minimum absolute atomic E-state index is 0. The van der Waals surface area contributed by atoms with Gasteiger partial charge in [0.2, 0.25) is 0 Å². The van der Waals surface area contributed by atoms with E-state index in [2.05, 4.69) is 15.2 Å². The van der Waals surface area contributed by atoms with Gasteiger partial charge >= 0.3 is 0 Å². The molecule has 1 aliphatic rings. The predicted molar refractivity (Wildman–Crippen MR) is 117 cm³/mol. The van der Waals surface area contributed by atoms with Gasteiger partial charge in [-0.25, -0.2) is 8.42 Å². The first kappa shape index (κ1) is 23.0. The summed E-state index contributed by atoms with van der Waals surface area (Å²) in [6, 6.07) is 9.89.